The van der Waals surface area contributed by atoms with Gasteiger partial charge in [0.2, 0.25) is 10.0 Å². The third-order valence-electron chi connectivity index (χ3n) is 5.65. The Hall–Kier alpha value is -2.49. The van der Waals surface area contributed by atoms with E-state index in [1.165, 1.54) is 12.1 Å². The normalized spacial score (nSPS) is 22.1. The molecule has 0 amide bonds. The number of fused-ring (bicyclic) bond motifs is 4. The molecule has 3 saturated heterocycles. The van der Waals surface area contributed by atoms with Gasteiger partial charge in [-0.2, -0.15) is 0 Å². The zero-order valence-electron chi connectivity index (χ0n) is 15.3. The van der Waals surface area contributed by atoms with E-state index in [1.54, 1.807) is 12.1 Å². The van der Waals surface area contributed by atoms with E-state index in [0.717, 1.165) is 50.8 Å². The summed E-state index contributed by atoms with van der Waals surface area (Å²) in [4.78, 5) is 15.3. The lowest BCUT2D eigenvalue weighted by atomic mass is 10.0. The van der Waals surface area contributed by atoms with Crippen LogP contribution < -0.4 is 10.0 Å². The molecule has 5 rings (SSSR count). The number of piperidine rings is 1. The van der Waals surface area contributed by atoms with Gasteiger partial charge in [0.05, 0.1) is 9.82 Å². The van der Waals surface area contributed by atoms with Crippen LogP contribution in [-0.4, -0.2) is 50.5 Å². The number of nitro groups is 1. The van der Waals surface area contributed by atoms with E-state index in [1.807, 2.05) is 12.1 Å². The smallest absolute Gasteiger partial charge is 0.270 e. The van der Waals surface area contributed by atoms with Crippen molar-refractivity contribution in [1.29, 1.82) is 0 Å². The number of rotatable bonds is 4. The first kappa shape index (κ1) is 18.9. The van der Waals surface area contributed by atoms with Crippen LogP contribution in [0.15, 0.2) is 47.4 Å². The number of benzene rings is 2. The maximum atomic E-state index is 11.9. The maximum absolute atomic E-state index is 11.9. The van der Waals surface area contributed by atoms with E-state index in [4.69, 9.17) is 5.14 Å². The molecule has 0 spiro atoms. The molecule has 0 aromatic heterocycles. The fourth-order valence-electron chi connectivity index (χ4n) is 4.16. The Morgan fingerprint density at radius 1 is 1.00 bits per heavy atom. The molecular formula is C19H22N4O4S. The van der Waals surface area contributed by atoms with Crippen LogP contribution in [0.25, 0.3) is 11.1 Å². The molecule has 3 heterocycles. The third kappa shape index (κ3) is 3.60. The summed E-state index contributed by atoms with van der Waals surface area (Å²) in [5.74, 6) is 0. The van der Waals surface area contributed by atoms with Crippen molar-refractivity contribution in [3.8, 4) is 11.1 Å². The second-order valence-electron chi connectivity index (χ2n) is 7.30. The van der Waals surface area contributed by atoms with Crippen molar-refractivity contribution in [3.63, 3.8) is 0 Å². The van der Waals surface area contributed by atoms with Crippen LogP contribution in [0, 0.1) is 10.1 Å². The monoisotopic (exact) mass is 402 g/mol. The Balaban J connectivity index is 1.71. The number of hydrogen-bond acceptors (Lipinski definition) is 6. The molecule has 148 valence electrons. The van der Waals surface area contributed by atoms with Gasteiger partial charge >= 0.3 is 0 Å². The Morgan fingerprint density at radius 3 is 2.29 bits per heavy atom. The standard InChI is InChI=1S/C19H22N4O4S/c20-28(26,27)19-6-5-17(23(24)25)13-18(19)14-1-3-15(4-2-14)22-12-11-21-9-7-16(22)8-10-21/h1-6,13,16H,7-12H2,(H2,20,26,27). The van der Waals surface area contributed by atoms with E-state index in [9.17, 15) is 18.5 Å². The molecule has 0 unspecified atom stereocenters. The molecule has 8 nitrogen and oxygen atoms in total. The number of nitrogens with zero attached hydrogens (tertiary/aromatic N) is 3. The fourth-order valence-corrected chi connectivity index (χ4v) is 4.90. The minimum Gasteiger partial charge on any atom is -0.367 e. The summed E-state index contributed by atoms with van der Waals surface area (Å²) in [6, 6.07) is 11.6. The Kier molecular flexibility index (Phi) is 4.82. The van der Waals surface area contributed by atoms with E-state index in [0.29, 0.717) is 11.6 Å². The van der Waals surface area contributed by atoms with Crippen LogP contribution in [0.2, 0.25) is 0 Å². The second-order valence-corrected chi connectivity index (χ2v) is 8.83. The first-order valence-corrected chi connectivity index (χ1v) is 10.8. The summed E-state index contributed by atoms with van der Waals surface area (Å²) in [6.45, 7) is 4.26. The molecule has 2 N–H and O–H groups in total. The lowest BCUT2D eigenvalue weighted by Crippen LogP contribution is -2.37. The zero-order valence-corrected chi connectivity index (χ0v) is 16.1. The summed E-state index contributed by atoms with van der Waals surface area (Å²) in [7, 11) is -4.01. The lowest BCUT2D eigenvalue weighted by molar-refractivity contribution is -0.384. The number of nitro benzene ring substituents is 1. The van der Waals surface area contributed by atoms with Crippen molar-refractivity contribution in [3.05, 3.63) is 52.6 Å². The van der Waals surface area contributed by atoms with Gasteiger partial charge in [0.15, 0.2) is 0 Å². The van der Waals surface area contributed by atoms with Crippen LogP contribution in [0.1, 0.15) is 12.8 Å². The number of sulfonamides is 1. The fraction of sp³-hybridized carbons (Fsp3) is 0.368. The summed E-state index contributed by atoms with van der Waals surface area (Å²) < 4.78 is 23.9. The molecule has 0 atom stereocenters. The minimum atomic E-state index is -4.01. The molecule has 9 heteroatoms. The maximum Gasteiger partial charge on any atom is 0.270 e. The van der Waals surface area contributed by atoms with Gasteiger partial charge in [-0.25, -0.2) is 13.6 Å². The van der Waals surface area contributed by atoms with Gasteiger partial charge in [0.1, 0.15) is 0 Å². The number of nitrogens with two attached hydrogens (primary N) is 1. The Bertz CT molecular complexity index is 999. The highest BCUT2D eigenvalue weighted by Crippen LogP contribution is 2.33. The number of non-ortho nitro benzene ring substituents is 1. The van der Waals surface area contributed by atoms with Crippen LogP contribution >= 0.6 is 0 Å². The minimum absolute atomic E-state index is 0.118. The zero-order chi connectivity index (χ0) is 19.9. The highest BCUT2D eigenvalue weighted by Gasteiger charge is 2.29. The van der Waals surface area contributed by atoms with Gasteiger partial charge in [-0.05, 0) is 36.6 Å². The van der Waals surface area contributed by atoms with Crippen molar-refractivity contribution in [2.45, 2.75) is 23.8 Å². The molecule has 2 aromatic carbocycles. The molecule has 0 aliphatic carbocycles. The molecule has 3 aliphatic rings. The topological polar surface area (TPSA) is 110 Å². The highest BCUT2D eigenvalue weighted by molar-refractivity contribution is 7.89. The number of primary sulfonamides is 1. The Labute approximate surface area is 163 Å². The first-order chi connectivity index (χ1) is 13.3. The largest absolute Gasteiger partial charge is 0.367 e. The number of hydrogen-bond donors (Lipinski definition) is 1. The summed E-state index contributed by atoms with van der Waals surface area (Å²) in [5, 5.41) is 16.4. The van der Waals surface area contributed by atoms with Crippen LogP contribution in [0.3, 0.4) is 0 Å². The molecule has 0 radical (unpaired) electrons. The summed E-state index contributed by atoms with van der Waals surface area (Å²) in [6.07, 6.45) is 2.28. The third-order valence-corrected chi connectivity index (χ3v) is 6.61. The van der Waals surface area contributed by atoms with E-state index in [2.05, 4.69) is 9.80 Å². The first-order valence-electron chi connectivity index (χ1n) is 9.23. The van der Waals surface area contributed by atoms with Crippen LogP contribution in [0.4, 0.5) is 11.4 Å². The molecule has 3 aliphatic heterocycles. The van der Waals surface area contributed by atoms with Gasteiger partial charge < -0.3 is 9.80 Å². The van der Waals surface area contributed by atoms with Crippen molar-refractivity contribution >= 4 is 21.4 Å². The van der Waals surface area contributed by atoms with E-state index < -0.39 is 14.9 Å². The average Bonchev–Trinajstić information content (AvgIpc) is 3.01. The van der Waals surface area contributed by atoms with Gasteiger partial charge in [-0.15, -0.1) is 0 Å². The molecule has 2 aromatic rings. The molecular weight excluding hydrogens is 380 g/mol. The van der Waals surface area contributed by atoms with Crippen LogP contribution in [0.5, 0.6) is 0 Å². The Morgan fingerprint density at radius 2 is 1.68 bits per heavy atom. The predicted octanol–water partition coefficient (Wildman–Crippen LogP) is 2.19. The second kappa shape index (κ2) is 7.16. The molecule has 0 saturated carbocycles. The molecule has 2 bridgehead atoms. The van der Waals surface area contributed by atoms with Crippen molar-refractivity contribution in [2.24, 2.45) is 5.14 Å². The predicted molar refractivity (Wildman–Crippen MR) is 107 cm³/mol. The summed E-state index contributed by atoms with van der Waals surface area (Å²) >= 11 is 0. The van der Waals surface area contributed by atoms with Crippen LogP contribution in [-0.2, 0) is 10.0 Å². The van der Waals surface area contributed by atoms with E-state index >= 15 is 0 Å². The number of anilines is 1. The van der Waals surface area contributed by atoms with Gasteiger partial charge in [-0.1, -0.05) is 12.1 Å². The quantitative estimate of drug-likeness (QED) is 0.620. The van der Waals surface area contributed by atoms with Crippen molar-refractivity contribution in [1.82, 2.24) is 4.90 Å². The van der Waals surface area contributed by atoms with Crippen molar-refractivity contribution in [2.75, 3.05) is 31.1 Å². The molecule has 28 heavy (non-hydrogen) atoms. The molecule has 3 fully saturated rings. The highest BCUT2D eigenvalue weighted by atomic mass is 32.2. The lowest BCUT2D eigenvalue weighted by Gasteiger charge is -2.33. The average molecular weight is 402 g/mol. The van der Waals surface area contributed by atoms with Crippen molar-refractivity contribution < 1.29 is 13.3 Å². The van der Waals surface area contributed by atoms with Gasteiger partial charge in [0.25, 0.3) is 5.69 Å². The summed E-state index contributed by atoms with van der Waals surface area (Å²) in [5.41, 5.74) is 1.73. The van der Waals surface area contributed by atoms with E-state index in [-0.39, 0.29) is 16.1 Å². The SMILES string of the molecule is NS(=O)(=O)c1ccc([N+](=O)[O-])cc1-c1ccc(N2CCN3CCC2CC3)cc1. The van der Waals surface area contributed by atoms with Gasteiger partial charge in [0, 0.05) is 55.6 Å². The van der Waals surface area contributed by atoms with Gasteiger partial charge in [-0.3, -0.25) is 10.1 Å².